The van der Waals surface area contributed by atoms with Gasteiger partial charge in [0.2, 0.25) is 5.91 Å². The second kappa shape index (κ2) is 6.36. The van der Waals surface area contributed by atoms with Crippen LogP contribution in [0.15, 0.2) is 30.3 Å². The van der Waals surface area contributed by atoms with Gasteiger partial charge in [0.05, 0.1) is 5.92 Å². The lowest BCUT2D eigenvalue weighted by Crippen LogP contribution is -2.32. The molecule has 1 atom stereocenters. The van der Waals surface area contributed by atoms with Crippen molar-refractivity contribution in [2.75, 3.05) is 13.1 Å². The largest absolute Gasteiger partial charge is 0.481 e. The smallest absolute Gasteiger partial charge is 0.307 e. The molecular formula is C15H19NO3. The zero-order chi connectivity index (χ0) is 13.7. The Morgan fingerprint density at radius 1 is 1.16 bits per heavy atom. The highest BCUT2D eigenvalue weighted by Crippen LogP contribution is 2.17. The van der Waals surface area contributed by atoms with Gasteiger partial charge in [-0.3, -0.25) is 9.59 Å². The van der Waals surface area contributed by atoms with Crippen molar-refractivity contribution in [2.24, 2.45) is 5.92 Å². The average Bonchev–Trinajstić information content (AvgIpc) is 2.93. The number of carbonyl (C=O) groups is 2. The number of hydrogen-bond donors (Lipinski definition) is 1. The summed E-state index contributed by atoms with van der Waals surface area (Å²) in [4.78, 5) is 25.1. The average molecular weight is 261 g/mol. The number of rotatable bonds is 5. The van der Waals surface area contributed by atoms with Crippen molar-refractivity contribution in [1.29, 1.82) is 0 Å². The van der Waals surface area contributed by atoms with Gasteiger partial charge in [0, 0.05) is 19.5 Å². The molecule has 1 aromatic rings. The van der Waals surface area contributed by atoms with Crippen molar-refractivity contribution in [3.05, 3.63) is 35.9 Å². The van der Waals surface area contributed by atoms with E-state index in [1.165, 1.54) is 0 Å². The molecule has 1 aliphatic rings. The summed E-state index contributed by atoms with van der Waals surface area (Å²) in [6.07, 6.45) is 2.57. The standard InChI is InChI=1S/C15H19NO3/c17-14(16-8-4-5-9-16)11-13(15(18)19)10-12-6-2-1-3-7-12/h1-3,6-7,13H,4-5,8-11H2,(H,18,19). The first-order chi connectivity index (χ1) is 9.16. The normalized spacial score (nSPS) is 16.3. The monoisotopic (exact) mass is 261 g/mol. The number of amides is 1. The molecule has 1 saturated heterocycles. The quantitative estimate of drug-likeness (QED) is 0.881. The number of carboxylic acids is 1. The van der Waals surface area contributed by atoms with Gasteiger partial charge < -0.3 is 10.0 Å². The predicted octanol–water partition coefficient (Wildman–Crippen LogP) is 1.94. The van der Waals surface area contributed by atoms with Crippen LogP contribution in [-0.4, -0.2) is 35.0 Å². The van der Waals surface area contributed by atoms with Crippen LogP contribution in [0.4, 0.5) is 0 Å². The topological polar surface area (TPSA) is 57.6 Å². The fourth-order valence-electron chi connectivity index (χ4n) is 2.45. The van der Waals surface area contributed by atoms with E-state index in [0.717, 1.165) is 31.5 Å². The van der Waals surface area contributed by atoms with Crippen LogP contribution in [0.5, 0.6) is 0 Å². The van der Waals surface area contributed by atoms with Gasteiger partial charge in [-0.25, -0.2) is 0 Å². The summed E-state index contributed by atoms with van der Waals surface area (Å²) in [6, 6.07) is 9.47. The van der Waals surface area contributed by atoms with Gasteiger partial charge >= 0.3 is 5.97 Å². The van der Waals surface area contributed by atoms with E-state index in [1.54, 1.807) is 4.90 Å². The summed E-state index contributed by atoms with van der Waals surface area (Å²) >= 11 is 0. The number of aliphatic carboxylic acids is 1. The van der Waals surface area contributed by atoms with E-state index < -0.39 is 11.9 Å². The van der Waals surface area contributed by atoms with Crippen LogP contribution >= 0.6 is 0 Å². The Morgan fingerprint density at radius 3 is 2.37 bits per heavy atom. The summed E-state index contributed by atoms with van der Waals surface area (Å²) in [7, 11) is 0. The Balaban J connectivity index is 1.96. The minimum Gasteiger partial charge on any atom is -0.481 e. The summed E-state index contributed by atoms with van der Waals surface area (Å²) in [5.74, 6) is -1.55. The molecule has 19 heavy (non-hydrogen) atoms. The first kappa shape index (κ1) is 13.6. The van der Waals surface area contributed by atoms with Gasteiger partial charge in [-0.15, -0.1) is 0 Å². The SMILES string of the molecule is O=C(O)C(CC(=O)N1CCCC1)Cc1ccccc1. The molecule has 0 saturated carbocycles. The zero-order valence-corrected chi connectivity index (χ0v) is 10.9. The molecule has 0 bridgehead atoms. The number of nitrogens with zero attached hydrogens (tertiary/aromatic N) is 1. The zero-order valence-electron chi connectivity index (χ0n) is 10.9. The maximum Gasteiger partial charge on any atom is 0.307 e. The molecule has 4 nitrogen and oxygen atoms in total. The van der Waals surface area contributed by atoms with Crippen molar-refractivity contribution in [3.63, 3.8) is 0 Å². The van der Waals surface area contributed by atoms with Crippen molar-refractivity contribution < 1.29 is 14.7 Å². The number of carbonyl (C=O) groups excluding carboxylic acids is 1. The van der Waals surface area contributed by atoms with Crippen LogP contribution < -0.4 is 0 Å². The maximum atomic E-state index is 12.0. The highest BCUT2D eigenvalue weighted by atomic mass is 16.4. The highest BCUT2D eigenvalue weighted by Gasteiger charge is 2.26. The third-order valence-corrected chi connectivity index (χ3v) is 3.55. The molecule has 0 spiro atoms. The maximum absolute atomic E-state index is 12.0. The van der Waals surface area contributed by atoms with Gasteiger partial charge in [-0.05, 0) is 24.8 Å². The molecule has 0 aliphatic carbocycles. The summed E-state index contributed by atoms with van der Waals surface area (Å²) in [5, 5.41) is 9.26. The van der Waals surface area contributed by atoms with E-state index in [9.17, 15) is 14.7 Å². The Labute approximate surface area is 113 Å². The molecule has 1 aromatic carbocycles. The minimum absolute atomic E-state index is 0.0270. The van der Waals surface area contributed by atoms with Crippen molar-refractivity contribution in [1.82, 2.24) is 4.90 Å². The molecular weight excluding hydrogens is 242 g/mol. The van der Waals surface area contributed by atoms with Crippen LogP contribution in [0, 0.1) is 5.92 Å². The lowest BCUT2D eigenvalue weighted by Gasteiger charge is -2.18. The summed E-state index contributed by atoms with van der Waals surface area (Å²) in [5.41, 5.74) is 0.962. The van der Waals surface area contributed by atoms with E-state index in [0.29, 0.717) is 6.42 Å². The lowest BCUT2D eigenvalue weighted by molar-refractivity contribution is -0.145. The highest BCUT2D eigenvalue weighted by molar-refractivity contribution is 5.82. The Bertz CT molecular complexity index is 438. The Hall–Kier alpha value is -1.84. The number of hydrogen-bond acceptors (Lipinski definition) is 2. The summed E-state index contributed by atoms with van der Waals surface area (Å²) < 4.78 is 0. The molecule has 1 aliphatic heterocycles. The first-order valence-corrected chi connectivity index (χ1v) is 6.71. The molecule has 1 N–H and O–H groups in total. The molecule has 1 unspecified atom stereocenters. The van der Waals surface area contributed by atoms with Gasteiger partial charge in [-0.1, -0.05) is 30.3 Å². The first-order valence-electron chi connectivity index (χ1n) is 6.71. The fraction of sp³-hybridized carbons (Fsp3) is 0.467. The molecule has 1 fully saturated rings. The van der Waals surface area contributed by atoms with Crippen LogP contribution in [0.3, 0.4) is 0 Å². The van der Waals surface area contributed by atoms with E-state index in [2.05, 4.69) is 0 Å². The lowest BCUT2D eigenvalue weighted by atomic mass is 9.96. The number of likely N-dealkylation sites (tertiary alicyclic amines) is 1. The van der Waals surface area contributed by atoms with E-state index >= 15 is 0 Å². The molecule has 1 heterocycles. The predicted molar refractivity (Wildman–Crippen MR) is 71.7 cm³/mol. The van der Waals surface area contributed by atoms with Crippen molar-refractivity contribution >= 4 is 11.9 Å². The molecule has 2 rings (SSSR count). The Kier molecular flexibility index (Phi) is 4.55. The van der Waals surface area contributed by atoms with Gasteiger partial charge in [0.15, 0.2) is 0 Å². The molecule has 0 aromatic heterocycles. The van der Waals surface area contributed by atoms with E-state index in [4.69, 9.17) is 0 Å². The van der Waals surface area contributed by atoms with Crippen LogP contribution in [0.1, 0.15) is 24.8 Å². The molecule has 4 heteroatoms. The van der Waals surface area contributed by atoms with Crippen molar-refractivity contribution in [2.45, 2.75) is 25.7 Å². The number of benzene rings is 1. The van der Waals surface area contributed by atoms with Gasteiger partial charge in [-0.2, -0.15) is 0 Å². The van der Waals surface area contributed by atoms with Gasteiger partial charge in [0.25, 0.3) is 0 Å². The fourth-order valence-corrected chi connectivity index (χ4v) is 2.45. The number of carboxylic acid groups (broad SMARTS) is 1. The van der Waals surface area contributed by atoms with Crippen LogP contribution in [0.25, 0.3) is 0 Å². The second-order valence-corrected chi connectivity index (χ2v) is 5.02. The Morgan fingerprint density at radius 2 is 1.79 bits per heavy atom. The van der Waals surface area contributed by atoms with Crippen LogP contribution in [0.2, 0.25) is 0 Å². The molecule has 0 radical (unpaired) electrons. The van der Waals surface area contributed by atoms with Gasteiger partial charge in [0.1, 0.15) is 0 Å². The van der Waals surface area contributed by atoms with Crippen molar-refractivity contribution in [3.8, 4) is 0 Å². The van der Waals surface area contributed by atoms with E-state index in [-0.39, 0.29) is 12.3 Å². The molecule has 102 valence electrons. The third-order valence-electron chi connectivity index (χ3n) is 3.55. The minimum atomic E-state index is -0.892. The van der Waals surface area contributed by atoms with E-state index in [1.807, 2.05) is 30.3 Å². The third kappa shape index (κ3) is 3.81. The second-order valence-electron chi connectivity index (χ2n) is 5.02. The van der Waals surface area contributed by atoms with Crippen LogP contribution in [-0.2, 0) is 16.0 Å². The molecule has 1 amide bonds. The summed E-state index contributed by atoms with van der Waals surface area (Å²) in [6.45, 7) is 1.55.